The number of hydrazine groups is 1. The van der Waals surface area contributed by atoms with E-state index in [4.69, 9.17) is 5.84 Å². The molecule has 8 heavy (non-hydrogen) atoms. The van der Waals surface area contributed by atoms with Crippen LogP contribution in [-0.2, 0) is 9.53 Å². The molecule has 0 fully saturated rings. The molecule has 0 aromatic rings. The Labute approximate surface area is 48.2 Å². The van der Waals surface area contributed by atoms with Gasteiger partial charge in [-0.2, -0.15) is 0 Å². The summed E-state index contributed by atoms with van der Waals surface area (Å²) in [6, 6.07) is 0. The second-order valence-corrected chi connectivity index (χ2v) is 1.49. The van der Waals surface area contributed by atoms with Gasteiger partial charge < -0.3 is 4.74 Å². The molecule has 0 aromatic heterocycles. The number of hydrogen-bond donors (Lipinski definition) is 1. The lowest BCUT2D eigenvalue weighted by atomic mass is 10.6. The largest absolute Gasteiger partial charge is 0.468 e. The highest BCUT2D eigenvalue weighted by Gasteiger charge is 1.99. The van der Waals surface area contributed by atoms with Crippen LogP contribution in [0.5, 0.6) is 0 Å². The number of likely N-dealkylation sites (N-methyl/N-ethyl adjacent to an activating group) is 1. The summed E-state index contributed by atoms with van der Waals surface area (Å²) in [6.45, 7) is 0.135. The minimum atomic E-state index is -0.324. The maximum atomic E-state index is 10.3. The van der Waals surface area contributed by atoms with E-state index >= 15 is 0 Å². The van der Waals surface area contributed by atoms with Gasteiger partial charge in [-0.05, 0) is 0 Å². The molecule has 0 unspecified atom stereocenters. The Morgan fingerprint density at radius 3 is 2.50 bits per heavy atom. The normalized spacial score (nSPS) is 9.50. The fraction of sp³-hybridized carbons (Fsp3) is 0.750. The summed E-state index contributed by atoms with van der Waals surface area (Å²) < 4.78 is 4.30. The van der Waals surface area contributed by atoms with E-state index in [2.05, 4.69) is 4.74 Å². The van der Waals surface area contributed by atoms with Gasteiger partial charge >= 0.3 is 5.97 Å². The molecule has 2 N–H and O–H groups in total. The number of esters is 1. The van der Waals surface area contributed by atoms with Gasteiger partial charge in [0.1, 0.15) is 6.54 Å². The summed E-state index contributed by atoms with van der Waals surface area (Å²) in [5.41, 5.74) is 0. The first-order chi connectivity index (χ1) is 3.66. The summed E-state index contributed by atoms with van der Waals surface area (Å²) in [5.74, 6) is 4.78. The topological polar surface area (TPSA) is 55.6 Å². The Hall–Kier alpha value is -0.610. The number of carbonyl (C=O) groups excluding carboxylic acids is 1. The minimum absolute atomic E-state index is 0.135. The van der Waals surface area contributed by atoms with Crippen molar-refractivity contribution in [3.05, 3.63) is 0 Å². The van der Waals surface area contributed by atoms with Gasteiger partial charge in [0.25, 0.3) is 0 Å². The lowest BCUT2D eigenvalue weighted by molar-refractivity contribution is -0.141. The fourth-order valence-corrected chi connectivity index (χ4v) is 0.268. The van der Waals surface area contributed by atoms with Gasteiger partial charge in [-0.1, -0.05) is 0 Å². The first-order valence-electron chi connectivity index (χ1n) is 2.19. The third-order valence-corrected chi connectivity index (χ3v) is 0.606. The average Bonchev–Trinajstić information content (AvgIpc) is 1.65. The zero-order valence-electron chi connectivity index (χ0n) is 5.05. The van der Waals surface area contributed by atoms with E-state index in [1.54, 1.807) is 7.05 Å². The number of methoxy groups -OCH3 is 1. The number of ether oxygens (including phenoxy) is 1. The molecule has 0 aromatic carbocycles. The molecule has 0 aliphatic heterocycles. The number of rotatable bonds is 2. The lowest BCUT2D eigenvalue weighted by Crippen LogP contribution is -2.32. The molecule has 0 bridgehead atoms. The maximum absolute atomic E-state index is 10.3. The Kier molecular flexibility index (Phi) is 3.14. The highest BCUT2D eigenvalue weighted by atomic mass is 16.5. The summed E-state index contributed by atoms with van der Waals surface area (Å²) in [7, 11) is 2.92. The van der Waals surface area contributed by atoms with Gasteiger partial charge in [-0.25, -0.2) is 5.01 Å². The molecule has 0 saturated heterocycles. The smallest absolute Gasteiger partial charge is 0.321 e. The van der Waals surface area contributed by atoms with Gasteiger partial charge in [0.05, 0.1) is 7.11 Å². The molecule has 0 rings (SSSR count). The van der Waals surface area contributed by atoms with Crippen LogP contribution in [0.15, 0.2) is 0 Å². The third-order valence-electron chi connectivity index (χ3n) is 0.606. The van der Waals surface area contributed by atoms with E-state index in [1.807, 2.05) is 0 Å². The minimum Gasteiger partial charge on any atom is -0.468 e. The predicted octanol–water partition coefficient (Wildman–Crippen LogP) is -1.04. The van der Waals surface area contributed by atoms with E-state index in [9.17, 15) is 4.79 Å². The van der Waals surface area contributed by atoms with Crippen molar-refractivity contribution >= 4 is 5.97 Å². The highest BCUT2D eigenvalue weighted by Crippen LogP contribution is 1.72. The summed E-state index contributed by atoms with van der Waals surface area (Å²) in [6.07, 6.45) is 0. The van der Waals surface area contributed by atoms with Crippen LogP contribution in [0.25, 0.3) is 0 Å². The Bertz CT molecular complexity index is 82.1. The van der Waals surface area contributed by atoms with Crippen molar-refractivity contribution in [2.45, 2.75) is 0 Å². The number of nitrogens with zero attached hydrogens (tertiary/aromatic N) is 1. The third kappa shape index (κ3) is 3.58. The number of carbonyl (C=O) groups is 1. The van der Waals surface area contributed by atoms with Crippen molar-refractivity contribution < 1.29 is 9.53 Å². The van der Waals surface area contributed by atoms with Crippen molar-refractivity contribution in [3.63, 3.8) is 0 Å². The van der Waals surface area contributed by atoms with E-state index in [1.165, 1.54) is 12.1 Å². The summed E-state index contributed by atoms with van der Waals surface area (Å²) in [4.78, 5) is 10.3. The van der Waals surface area contributed by atoms with Gasteiger partial charge in [-0.3, -0.25) is 10.6 Å². The van der Waals surface area contributed by atoms with Crippen molar-refractivity contribution in [2.24, 2.45) is 5.84 Å². The van der Waals surface area contributed by atoms with Crippen molar-refractivity contribution in [1.82, 2.24) is 5.01 Å². The zero-order valence-corrected chi connectivity index (χ0v) is 5.05. The molecule has 0 amide bonds. The van der Waals surface area contributed by atoms with Crippen LogP contribution in [0.2, 0.25) is 0 Å². The molecular weight excluding hydrogens is 108 g/mol. The van der Waals surface area contributed by atoms with Crippen LogP contribution in [-0.4, -0.2) is 31.7 Å². The quantitative estimate of drug-likeness (QED) is 0.286. The average molecular weight is 118 g/mol. The summed E-state index contributed by atoms with van der Waals surface area (Å²) in [5, 5.41) is 1.26. The molecule has 4 nitrogen and oxygen atoms in total. The van der Waals surface area contributed by atoms with Gasteiger partial charge in [0, 0.05) is 7.05 Å². The lowest BCUT2D eigenvalue weighted by Gasteiger charge is -2.05. The standard InChI is InChI=1S/C4H10N2O2/c1-6(5)3-4(7)8-2/h3,5H2,1-2H3. The van der Waals surface area contributed by atoms with Gasteiger partial charge in [0.2, 0.25) is 0 Å². The van der Waals surface area contributed by atoms with Crippen LogP contribution in [0, 0.1) is 0 Å². The molecule has 0 atom stereocenters. The van der Waals surface area contributed by atoms with Crippen LogP contribution in [0.1, 0.15) is 0 Å². The molecule has 0 heterocycles. The molecule has 4 heteroatoms. The Morgan fingerprint density at radius 2 is 2.38 bits per heavy atom. The molecule has 0 aliphatic carbocycles. The first kappa shape index (κ1) is 7.39. The fourth-order valence-electron chi connectivity index (χ4n) is 0.268. The Balaban J connectivity index is 3.25. The van der Waals surface area contributed by atoms with Crippen LogP contribution in [0.3, 0.4) is 0 Å². The van der Waals surface area contributed by atoms with E-state index in [0.717, 1.165) is 0 Å². The van der Waals surface area contributed by atoms with E-state index in [0.29, 0.717) is 0 Å². The second-order valence-electron chi connectivity index (χ2n) is 1.49. The van der Waals surface area contributed by atoms with E-state index in [-0.39, 0.29) is 12.5 Å². The molecule has 0 saturated carbocycles. The highest BCUT2D eigenvalue weighted by molar-refractivity contribution is 5.71. The van der Waals surface area contributed by atoms with Crippen LogP contribution < -0.4 is 5.84 Å². The van der Waals surface area contributed by atoms with Crippen molar-refractivity contribution in [3.8, 4) is 0 Å². The van der Waals surface area contributed by atoms with Crippen molar-refractivity contribution in [2.75, 3.05) is 20.7 Å². The van der Waals surface area contributed by atoms with Gasteiger partial charge in [0.15, 0.2) is 0 Å². The molecule has 0 radical (unpaired) electrons. The maximum Gasteiger partial charge on any atom is 0.321 e. The summed E-state index contributed by atoms with van der Waals surface area (Å²) >= 11 is 0. The first-order valence-corrected chi connectivity index (χ1v) is 2.19. The zero-order chi connectivity index (χ0) is 6.57. The predicted molar refractivity (Wildman–Crippen MR) is 28.8 cm³/mol. The van der Waals surface area contributed by atoms with Gasteiger partial charge in [-0.15, -0.1) is 0 Å². The monoisotopic (exact) mass is 118 g/mol. The van der Waals surface area contributed by atoms with Crippen LogP contribution >= 0.6 is 0 Å². The molecular formula is C4H10N2O2. The Morgan fingerprint density at radius 1 is 1.88 bits per heavy atom. The SMILES string of the molecule is COC(=O)CN(C)N. The molecule has 0 aliphatic rings. The van der Waals surface area contributed by atoms with E-state index < -0.39 is 0 Å². The van der Waals surface area contributed by atoms with Crippen molar-refractivity contribution in [1.29, 1.82) is 0 Å². The number of nitrogens with two attached hydrogens (primary N) is 1. The second kappa shape index (κ2) is 3.40. The molecule has 0 spiro atoms. The number of hydrogen-bond acceptors (Lipinski definition) is 4. The van der Waals surface area contributed by atoms with Crippen LogP contribution in [0.4, 0.5) is 0 Å². The molecule has 48 valence electrons.